The highest BCUT2D eigenvalue weighted by Crippen LogP contribution is 2.36. The lowest BCUT2D eigenvalue weighted by Crippen LogP contribution is -1.95. The zero-order chi connectivity index (χ0) is 30.5. The summed E-state index contributed by atoms with van der Waals surface area (Å²) in [5, 5.41) is 5.35. The third kappa shape index (κ3) is 4.43. The van der Waals surface area contributed by atoms with Crippen molar-refractivity contribution in [1.82, 2.24) is 29.9 Å². The Hall–Kier alpha value is -6.40. The molecule has 0 aliphatic heterocycles. The molecular weight excluding hydrogens is 564 g/mol. The number of benzene rings is 3. The molecule has 0 bridgehead atoms. The summed E-state index contributed by atoms with van der Waals surface area (Å²) in [6.07, 6.45) is 5.39. The van der Waals surface area contributed by atoms with E-state index in [1.165, 1.54) is 0 Å². The van der Waals surface area contributed by atoms with E-state index in [0.29, 0.717) is 5.65 Å². The Kier molecular flexibility index (Phi) is 6.03. The summed E-state index contributed by atoms with van der Waals surface area (Å²) < 4.78 is 0. The van der Waals surface area contributed by atoms with Gasteiger partial charge in [0.25, 0.3) is 0 Å². The first-order valence-electron chi connectivity index (χ1n) is 15.1. The second kappa shape index (κ2) is 10.6. The van der Waals surface area contributed by atoms with Crippen molar-refractivity contribution in [3.8, 4) is 45.2 Å². The second-order valence-electron chi connectivity index (χ2n) is 11.2. The average molecular weight is 589 g/mol. The van der Waals surface area contributed by atoms with Gasteiger partial charge in [-0.3, -0.25) is 15.0 Å². The number of fused-ring (bicyclic) bond motifs is 6. The topological polar surface area (TPSA) is 77.3 Å². The van der Waals surface area contributed by atoms with Crippen LogP contribution < -0.4 is 0 Å². The van der Waals surface area contributed by atoms with Crippen LogP contribution >= 0.6 is 0 Å². The summed E-state index contributed by atoms with van der Waals surface area (Å²) in [6.45, 7) is 0. The minimum atomic E-state index is 0.706. The number of pyridine rings is 6. The van der Waals surface area contributed by atoms with E-state index in [9.17, 15) is 0 Å². The smallest absolute Gasteiger partial charge is 0.161 e. The van der Waals surface area contributed by atoms with Crippen LogP contribution in [0, 0.1) is 0 Å². The van der Waals surface area contributed by atoms with Crippen LogP contribution in [0.25, 0.3) is 88.8 Å². The molecule has 6 heteroatoms. The molecule has 0 radical (unpaired) electrons. The molecule has 46 heavy (non-hydrogen) atoms. The van der Waals surface area contributed by atoms with Crippen molar-refractivity contribution in [2.45, 2.75) is 0 Å². The fraction of sp³-hybridized carbons (Fsp3) is 0. The van der Waals surface area contributed by atoms with Crippen molar-refractivity contribution in [2.24, 2.45) is 0 Å². The van der Waals surface area contributed by atoms with Crippen LogP contribution in [0.5, 0.6) is 0 Å². The second-order valence-corrected chi connectivity index (χ2v) is 11.2. The molecule has 9 aromatic rings. The summed E-state index contributed by atoms with van der Waals surface area (Å²) in [4.78, 5) is 29.0. The van der Waals surface area contributed by atoms with Gasteiger partial charge in [-0.05, 0) is 65.0 Å². The van der Waals surface area contributed by atoms with Gasteiger partial charge in [-0.2, -0.15) is 0 Å². The lowest BCUT2D eigenvalue weighted by molar-refractivity contribution is 1.22. The van der Waals surface area contributed by atoms with E-state index in [0.717, 1.165) is 83.1 Å². The summed E-state index contributed by atoms with van der Waals surface area (Å²) in [5.41, 5.74) is 9.68. The molecule has 0 aliphatic rings. The van der Waals surface area contributed by atoms with E-state index in [1.807, 2.05) is 48.7 Å². The van der Waals surface area contributed by atoms with Crippen LogP contribution in [-0.4, -0.2) is 29.9 Å². The largest absolute Gasteiger partial charge is 0.255 e. The van der Waals surface area contributed by atoms with E-state index < -0.39 is 0 Å². The Balaban J connectivity index is 1.19. The summed E-state index contributed by atoms with van der Waals surface area (Å²) in [5.74, 6) is 0. The van der Waals surface area contributed by atoms with Crippen LogP contribution in [-0.2, 0) is 0 Å². The van der Waals surface area contributed by atoms with Gasteiger partial charge in [0, 0.05) is 45.7 Å². The summed E-state index contributed by atoms with van der Waals surface area (Å²) in [7, 11) is 0. The number of hydrogen-bond acceptors (Lipinski definition) is 6. The molecule has 214 valence electrons. The zero-order valence-corrected chi connectivity index (χ0v) is 24.5. The Morgan fingerprint density at radius 2 is 1.00 bits per heavy atom. The van der Waals surface area contributed by atoms with Crippen molar-refractivity contribution in [2.75, 3.05) is 0 Å². The molecule has 3 aromatic carbocycles. The van der Waals surface area contributed by atoms with Gasteiger partial charge < -0.3 is 0 Å². The molecule has 0 saturated carbocycles. The van der Waals surface area contributed by atoms with Crippen molar-refractivity contribution in [1.29, 1.82) is 0 Å². The Labute approximate surface area is 264 Å². The van der Waals surface area contributed by atoms with Gasteiger partial charge in [-0.25, -0.2) is 15.0 Å². The first-order valence-corrected chi connectivity index (χ1v) is 15.1. The molecule has 9 rings (SSSR count). The van der Waals surface area contributed by atoms with Crippen LogP contribution in [0.2, 0.25) is 0 Å². The molecule has 0 amide bonds. The standard InChI is InChI=1S/C40H24N6/c1-2-10-31-30(9-1)32-22-28-18-17-26-8-7-21-43-38(26)39(28)46-40(32)45-37(31)27-15-13-25(14-16-27)29-23-35(33-11-3-5-19-41-33)44-36(24-29)34-12-4-6-20-42-34/h1-24H. The van der Waals surface area contributed by atoms with E-state index in [4.69, 9.17) is 15.0 Å². The maximum absolute atomic E-state index is 5.18. The third-order valence-corrected chi connectivity index (χ3v) is 8.40. The number of hydrogen-bond donors (Lipinski definition) is 0. The highest BCUT2D eigenvalue weighted by Gasteiger charge is 2.15. The lowest BCUT2D eigenvalue weighted by Gasteiger charge is -2.12. The number of rotatable bonds is 4. The van der Waals surface area contributed by atoms with Gasteiger partial charge >= 0.3 is 0 Å². The minimum Gasteiger partial charge on any atom is -0.255 e. The predicted molar refractivity (Wildman–Crippen MR) is 185 cm³/mol. The SMILES string of the molecule is c1ccc(-c2cc(-c3ccc(-c4nc5nc6c(ccc7cccnc76)cc5c5ccccc45)cc3)cc(-c3ccccn3)n2)nc1. The fourth-order valence-corrected chi connectivity index (χ4v) is 6.17. The van der Waals surface area contributed by atoms with Gasteiger partial charge in [-0.15, -0.1) is 0 Å². The molecule has 0 atom stereocenters. The molecule has 0 spiro atoms. The normalized spacial score (nSPS) is 11.5. The van der Waals surface area contributed by atoms with Crippen molar-refractivity contribution in [3.63, 3.8) is 0 Å². The molecule has 0 N–H and O–H groups in total. The lowest BCUT2D eigenvalue weighted by atomic mass is 9.97. The molecule has 0 fully saturated rings. The molecule has 0 unspecified atom stereocenters. The van der Waals surface area contributed by atoms with Crippen LogP contribution in [0.3, 0.4) is 0 Å². The van der Waals surface area contributed by atoms with Gasteiger partial charge in [-0.1, -0.05) is 78.9 Å². The quantitative estimate of drug-likeness (QED) is 0.151. The molecule has 0 saturated heterocycles. The van der Waals surface area contributed by atoms with E-state index in [1.54, 1.807) is 12.4 Å². The van der Waals surface area contributed by atoms with Crippen molar-refractivity contribution < 1.29 is 0 Å². The third-order valence-electron chi connectivity index (χ3n) is 8.40. The Bertz CT molecular complexity index is 2510. The van der Waals surface area contributed by atoms with Crippen molar-refractivity contribution in [3.05, 3.63) is 146 Å². The van der Waals surface area contributed by atoms with Crippen molar-refractivity contribution >= 4 is 43.6 Å². The Morgan fingerprint density at radius 1 is 0.348 bits per heavy atom. The molecule has 6 nitrogen and oxygen atoms in total. The maximum Gasteiger partial charge on any atom is 0.161 e. The van der Waals surface area contributed by atoms with Crippen LogP contribution in [0.1, 0.15) is 0 Å². The fourth-order valence-electron chi connectivity index (χ4n) is 6.17. The summed E-state index contributed by atoms with van der Waals surface area (Å²) in [6, 6.07) is 43.3. The number of nitrogens with zero attached hydrogens (tertiary/aromatic N) is 6. The van der Waals surface area contributed by atoms with Crippen LogP contribution in [0.4, 0.5) is 0 Å². The molecule has 6 heterocycles. The number of aromatic nitrogens is 6. The monoisotopic (exact) mass is 588 g/mol. The zero-order valence-electron chi connectivity index (χ0n) is 24.5. The van der Waals surface area contributed by atoms with Crippen LogP contribution in [0.15, 0.2) is 146 Å². The molecular formula is C40H24N6. The van der Waals surface area contributed by atoms with Gasteiger partial charge in [0.05, 0.1) is 39.5 Å². The van der Waals surface area contributed by atoms with E-state index in [2.05, 4.69) is 99.9 Å². The summed E-state index contributed by atoms with van der Waals surface area (Å²) >= 11 is 0. The Morgan fingerprint density at radius 3 is 1.72 bits per heavy atom. The highest BCUT2D eigenvalue weighted by molar-refractivity contribution is 6.14. The van der Waals surface area contributed by atoms with Gasteiger partial charge in [0.2, 0.25) is 0 Å². The average Bonchev–Trinajstić information content (AvgIpc) is 3.14. The highest BCUT2D eigenvalue weighted by atomic mass is 14.9. The molecule has 6 aromatic heterocycles. The first-order chi connectivity index (χ1) is 22.8. The van der Waals surface area contributed by atoms with Gasteiger partial charge in [0.15, 0.2) is 5.65 Å². The minimum absolute atomic E-state index is 0.706. The predicted octanol–water partition coefficient (Wildman–Crippen LogP) is 9.34. The maximum atomic E-state index is 5.18. The van der Waals surface area contributed by atoms with E-state index >= 15 is 0 Å². The van der Waals surface area contributed by atoms with Gasteiger partial charge in [0.1, 0.15) is 0 Å². The molecule has 0 aliphatic carbocycles. The van der Waals surface area contributed by atoms with E-state index in [-0.39, 0.29) is 0 Å². The first kappa shape index (κ1) is 26.0.